The lowest BCUT2D eigenvalue weighted by molar-refractivity contribution is 0.199. The maximum absolute atomic E-state index is 11.1. The molecule has 0 aliphatic carbocycles. The van der Waals surface area contributed by atoms with Gasteiger partial charge in [-0.05, 0) is 24.6 Å². The maximum Gasteiger partial charge on any atom is 0.147 e. The Balaban J connectivity index is 2.51. The fourth-order valence-corrected chi connectivity index (χ4v) is 2.78. The van der Waals surface area contributed by atoms with E-state index in [9.17, 15) is 8.42 Å². The van der Waals surface area contributed by atoms with Crippen molar-refractivity contribution in [3.63, 3.8) is 0 Å². The van der Waals surface area contributed by atoms with Crippen molar-refractivity contribution in [1.82, 2.24) is 5.32 Å². The minimum atomic E-state index is -2.93. The zero-order chi connectivity index (χ0) is 15.7. The molecule has 0 saturated carbocycles. The van der Waals surface area contributed by atoms with Crippen LogP contribution >= 0.6 is 15.9 Å². The molecule has 0 bridgehead atoms. The number of benzene rings is 1. The molecule has 1 aromatic carbocycles. The molecule has 0 unspecified atom stereocenters. The minimum absolute atomic E-state index is 0.144. The van der Waals surface area contributed by atoms with Crippen LogP contribution in [-0.4, -0.2) is 47.3 Å². The third-order valence-corrected chi connectivity index (χ3v) is 4.26. The second kappa shape index (κ2) is 9.40. The highest BCUT2D eigenvalue weighted by atomic mass is 79.9. The molecule has 0 saturated heterocycles. The normalized spacial score (nSPS) is 11.6. The van der Waals surface area contributed by atoms with Crippen molar-refractivity contribution in [1.29, 1.82) is 0 Å². The van der Waals surface area contributed by atoms with Gasteiger partial charge in [0.1, 0.15) is 15.6 Å². The van der Waals surface area contributed by atoms with Gasteiger partial charge >= 0.3 is 0 Å². The van der Waals surface area contributed by atoms with Crippen LogP contribution in [0.5, 0.6) is 5.75 Å². The molecule has 0 aliphatic heterocycles. The van der Waals surface area contributed by atoms with Gasteiger partial charge in [0.2, 0.25) is 0 Å². The van der Waals surface area contributed by atoms with Crippen molar-refractivity contribution < 1.29 is 17.9 Å². The van der Waals surface area contributed by atoms with Gasteiger partial charge in [0, 0.05) is 36.5 Å². The first-order chi connectivity index (χ1) is 9.92. The molecule has 0 aliphatic rings. The van der Waals surface area contributed by atoms with Crippen LogP contribution in [-0.2, 0) is 21.1 Å². The van der Waals surface area contributed by atoms with Crippen molar-refractivity contribution >= 4 is 25.8 Å². The monoisotopic (exact) mass is 379 g/mol. The fraction of sp³-hybridized carbons (Fsp3) is 0.571. The Morgan fingerprint density at radius 1 is 1.29 bits per heavy atom. The molecule has 1 aromatic rings. The molecule has 5 nitrogen and oxygen atoms in total. The first-order valence-electron chi connectivity index (χ1n) is 6.71. The van der Waals surface area contributed by atoms with Crippen LogP contribution in [0.3, 0.4) is 0 Å². The Morgan fingerprint density at radius 3 is 2.71 bits per heavy atom. The Hall–Kier alpha value is -0.630. The lowest BCUT2D eigenvalue weighted by atomic mass is 10.2. The Labute approximate surface area is 135 Å². The summed E-state index contributed by atoms with van der Waals surface area (Å²) in [5.74, 6) is 0.918. The molecule has 120 valence electrons. The molecule has 0 spiro atoms. The number of halogens is 1. The van der Waals surface area contributed by atoms with E-state index in [1.807, 2.05) is 18.2 Å². The Kier molecular flexibility index (Phi) is 8.24. The highest BCUT2D eigenvalue weighted by Gasteiger charge is 2.06. The first-order valence-corrected chi connectivity index (χ1v) is 9.56. The number of hydrogen-bond acceptors (Lipinski definition) is 5. The number of ether oxygens (including phenoxy) is 2. The SMILES string of the molecule is COCCNCc1cc(Br)ccc1OCCCS(C)(=O)=O. The van der Waals surface area contributed by atoms with Gasteiger partial charge < -0.3 is 14.8 Å². The van der Waals surface area contributed by atoms with Gasteiger partial charge in [-0.3, -0.25) is 0 Å². The molecular weight excluding hydrogens is 358 g/mol. The first kappa shape index (κ1) is 18.4. The van der Waals surface area contributed by atoms with Crippen LogP contribution in [0.2, 0.25) is 0 Å². The van der Waals surface area contributed by atoms with Gasteiger partial charge in [-0.1, -0.05) is 15.9 Å². The van der Waals surface area contributed by atoms with E-state index in [0.29, 0.717) is 26.2 Å². The second-order valence-corrected chi connectivity index (χ2v) is 7.93. The molecule has 0 heterocycles. The molecule has 1 rings (SSSR count). The summed E-state index contributed by atoms with van der Waals surface area (Å²) in [6.07, 6.45) is 1.73. The Bertz CT molecular complexity index is 534. The maximum atomic E-state index is 11.1. The van der Waals surface area contributed by atoms with E-state index >= 15 is 0 Å². The second-order valence-electron chi connectivity index (χ2n) is 4.75. The molecule has 0 atom stereocenters. The summed E-state index contributed by atoms with van der Waals surface area (Å²) in [6, 6.07) is 5.79. The van der Waals surface area contributed by atoms with Crippen molar-refractivity contribution in [2.75, 3.05) is 38.9 Å². The van der Waals surface area contributed by atoms with E-state index in [1.165, 1.54) is 6.26 Å². The molecule has 0 fully saturated rings. The number of sulfone groups is 1. The number of methoxy groups -OCH3 is 1. The Morgan fingerprint density at radius 2 is 2.05 bits per heavy atom. The molecule has 0 radical (unpaired) electrons. The van der Waals surface area contributed by atoms with Gasteiger partial charge in [-0.25, -0.2) is 8.42 Å². The van der Waals surface area contributed by atoms with E-state index in [0.717, 1.165) is 22.3 Å². The van der Waals surface area contributed by atoms with Gasteiger partial charge in [0.15, 0.2) is 0 Å². The molecule has 0 aromatic heterocycles. The van der Waals surface area contributed by atoms with Crippen LogP contribution in [0.1, 0.15) is 12.0 Å². The van der Waals surface area contributed by atoms with E-state index in [2.05, 4.69) is 21.2 Å². The van der Waals surface area contributed by atoms with Crippen LogP contribution in [0.4, 0.5) is 0 Å². The quantitative estimate of drug-likeness (QED) is 0.629. The van der Waals surface area contributed by atoms with Gasteiger partial charge in [0.25, 0.3) is 0 Å². The van der Waals surface area contributed by atoms with Crippen LogP contribution in [0, 0.1) is 0 Å². The number of hydrogen-bond donors (Lipinski definition) is 1. The molecule has 21 heavy (non-hydrogen) atoms. The standard InChI is InChI=1S/C14H22BrNO4S/c1-19-8-6-16-11-12-10-13(15)4-5-14(12)20-7-3-9-21(2,17)18/h4-5,10,16H,3,6-9,11H2,1-2H3. The fourth-order valence-electron chi connectivity index (χ4n) is 1.73. The minimum Gasteiger partial charge on any atom is -0.493 e. The third-order valence-electron chi connectivity index (χ3n) is 2.74. The smallest absolute Gasteiger partial charge is 0.147 e. The van der Waals surface area contributed by atoms with E-state index in [-0.39, 0.29) is 5.75 Å². The summed E-state index contributed by atoms with van der Waals surface area (Å²) in [5, 5.41) is 3.26. The molecular formula is C14H22BrNO4S. The zero-order valence-electron chi connectivity index (χ0n) is 12.4. The predicted molar refractivity (Wildman–Crippen MR) is 87.5 cm³/mol. The highest BCUT2D eigenvalue weighted by Crippen LogP contribution is 2.23. The summed E-state index contributed by atoms with van der Waals surface area (Å²) in [4.78, 5) is 0. The predicted octanol–water partition coefficient (Wildman–Crippen LogP) is 2.00. The topological polar surface area (TPSA) is 64.6 Å². The van der Waals surface area contributed by atoms with Gasteiger partial charge in [-0.15, -0.1) is 0 Å². The van der Waals surface area contributed by atoms with Crippen LogP contribution < -0.4 is 10.1 Å². The summed E-state index contributed by atoms with van der Waals surface area (Å²) in [5.41, 5.74) is 1.03. The van der Waals surface area contributed by atoms with Crippen molar-refractivity contribution in [2.24, 2.45) is 0 Å². The average molecular weight is 380 g/mol. The van der Waals surface area contributed by atoms with Crippen molar-refractivity contribution in [3.8, 4) is 5.75 Å². The number of rotatable bonds is 10. The number of nitrogens with one attached hydrogen (secondary N) is 1. The highest BCUT2D eigenvalue weighted by molar-refractivity contribution is 9.10. The van der Waals surface area contributed by atoms with Crippen LogP contribution in [0.25, 0.3) is 0 Å². The lowest BCUT2D eigenvalue weighted by Crippen LogP contribution is -2.19. The molecule has 7 heteroatoms. The summed E-state index contributed by atoms with van der Waals surface area (Å²) >= 11 is 3.44. The van der Waals surface area contributed by atoms with E-state index in [1.54, 1.807) is 7.11 Å². The van der Waals surface area contributed by atoms with Crippen molar-refractivity contribution in [3.05, 3.63) is 28.2 Å². The molecule has 1 N–H and O–H groups in total. The third kappa shape index (κ3) is 8.40. The largest absolute Gasteiger partial charge is 0.493 e. The van der Waals surface area contributed by atoms with Crippen molar-refractivity contribution in [2.45, 2.75) is 13.0 Å². The van der Waals surface area contributed by atoms with E-state index in [4.69, 9.17) is 9.47 Å². The van der Waals surface area contributed by atoms with Gasteiger partial charge in [0.05, 0.1) is 19.0 Å². The van der Waals surface area contributed by atoms with Gasteiger partial charge in [-0.2, -0.15) is 0 Å². The van der Waals surface area contributed by atoms with E-state index < -0.39 is 9.84 Å². The summed E-state index contributed by atoms with van der Waals surface area (Å²) < 4.78 is 33.8. The average Bonchev–Trinajstić information content (AvgIpc) is 2.40. The van der Waals surface area contributed by atoms with Crippen LogP contribution in [0.15, 0.2) is 22.7 Å². The molecule has 0 amide bonds. The zero-order valence-corrected chi connectivity index (χ0v) is 14.8. The summed E-state index contributed by atoms with van der Waals surface area (Å²) in [6.45, 7) is 2.47. The lowest BCUT2D eigenvalue weighted by Gasteiger charge is -2.12. The summed E-state index contributed by atoms with van der Waals surface area (Å²) in [7, 11) is -1.27.